The van der Waals surface area contributed by atoms with Crippen molar-refractivity contribution >= 4 is 45.1 Å². The number of halogens is 1. The molecule has 2 aromatic rings. The molecule has 7 heteroatoms. The van der Waals surface area contributed by atoms with Gasteiger partial charge in [0.1, 0.15) is 6.04 Å². The number of ether oxygens (including phenoxy) is 1. The second-order valence-electron chi connectivity index (χ2n) is 4.42. The van der Waals surface area contributed by atoms with Gasteiger partial charge in [0.25, 0.3) is 0 Å². The molecule has 1 heterocycles. The van der Waals surface area contributed by atoms with Crippen LogP contribution in [0.1, 0.15) is 13.0 Å². The highest BCUT2D eigenvalue weighted by Crippen LogP contribution is 2.23. The third kappa shape index (κ3) is 3.11. The molecule has 0 radical (unpaired) electrons. The van der Waals surface area contributed by atoms with E-state index in [2.05, 4.69) is 26.2 Å². The first-order valence-corrected chi connectivity index (χ1v) is 7.41. The molecular formula is C13H16BrN3O2S. The number of nitrogens with one attached hydrogen (secondary N) is 2. The molecule has 2 N–H and O–H groups in total. The predicted octanol–water partition coefficient (Wildman–Crippen LogP) is 2.78. The van der Waals surface area contributed by atoms with E-state index >= 15 is 0 Å². The summed E-state index contributed by atoms with van der Waals surface area (Å²) in [6.45, 7) is 2.80. The fraction of sp³-hybridized carbons (Fsp3) is 0.385. The first kappa shape index (κ1) is 15.2. The number of amides is 1. The standard InChI is InChI=1S/C13H16BrN3O2S/c1-8(12(18)15-5-6-19-2)17-11-7-9(14)3-4-10(11)16-13(17)20/h3-4,7-8H,5-6H2,1-2H3,(H,15,18)(H,16,20). The van der Waals surface area contributed by atoms with Gasteiger partial charge in [-0.15, -0.1) is 0 Å². The Labute approximate surface area is 130 Å². The minimum absolute atomic E-state index is 0.0842. The number of benzene rings is 1. The molecule has 5 nitrogen and oxygen atoms in total. The van der Waals surface area contributed by atoms with E-state index in [0.717, 1.165) is 15.5 Å². The minimum atomic E-state index is -0.387. The van der Waals surface area contributed by atoms with E-state index in [4.69, 9.17) is 17.0 Å². The van der Waals surface area contributed by atoms with Gasteiger partial charge < -0.3 is 19.6 Å². The van der Waals surface area contributed by atoms with Crippen molar-refractivity contribution in [1.29, 1.82) is 0 Å². The molecule has 2 rings (SSSR count). The Morgan fingerprint density at radius 3 is 3.05 bits per heavy atom. The van der Waals surface area contributed by atoms with Crippen molar-refractivity contribution in [3.8, 4) is 0 Å². The number of nitrogens with zero attached hydrogens (tertiary/aromatic N) is 1. The topological polar surface area (TPSA) is 59.0 Å². The van der Waals surface area contributed by atoms with Gasteiger partial charge >= 0.3 is 0 Å². The van der Waals surface area contributed by atoms with Crippen LogP contribution >= 0.6 is 28.1 Å². The lowest BCUT2D eigenvalue weighted by Gasteiger charge is -2.14. The summed E-state index contributed by atoms with van der Waals surface area (Å²) < 4.78 is 8.21. The quantitative estimate of drug-likeness (QED) is 0.638. The molecule has 0 saturated carbocycles. The van der Waals surface area contributed by atoms with Crippen LogP contribution in [-0.2, 0) is 9.53 Å². The molecule has 1 aromatic heterocycles. The Morgan fingerprint density at radius 2 is 2.35 bits per heavy atom. The summed E-state index contributed by atoms with van der Waals surface area (Å²) in [5.41, 5.74) is 1.81. The molecule has 0 aliphatic rings. The highest BCUT2D eigenvalue weighted by atomic mass is 79.9. The number of hydrogen-bond donors (Lipinski definition) is 2. The number of aromatic amines is 1. The fourth-order valence-corrected chi connectivity index (χ4v) is 2.74. The molecular weight excluding hydrogens is 342 g/mol. The number of carbonyl (C=O) groups is 1. The van der Waals surface area contributed by atoms with E-state index in [1.54, 1.807) is 7.11 Å². The van der Waals surface area contributed by atoms with E-state index in [1.807, 2.05) is 29.7 Å². The fourth-order valence-electron chi connectivity index (χ4n) is 2.02. The Kier molecular flexibility index (Phi) is 4.95. The summed E-state index contributed by atoms with van der Waals surface area (Å²) in [6.07, 6.45) is 0. The van der Waals surface area contributed by atoms with Crippen molar-refractivity contribution in [3.05, 3.63) is 27.4 Å². The van der Waals surface area contributed by atoms with Crippen LogP contribution in [0, 0.1) is 4.77 Å². The third-order valence-electron chi connectivity index (χ3n) is 3.05. The number of carbonyl (C=O) groups excluding carboxylic acids is 1. The van der Waals surface area contributed by atoms with Gasteiger partial charge in [-0.3, -0.25) is 4.79 Å². The summed E-state index contributed by atoms with van der Waals surface area (Å²) in [5, 5.41) is 2.82. The Balaban J connectivity index is 2.31. The summed E-state index contributed by atoms with van der Waals surface area (Å²) >= 11 is 8.75. The van der Waals surface area contributed by atoms with E-state index in [9.17, 15) is 4.79 Å². The number of imidazole rings is 1. The molecule has 1 atom stereocenters. The monoisotopic (exact) mass is 357 g/mol. The van der Waals surface area contributed by atoms with Gasteiger partial charge in [-0.25, -0.2) is 0 Å². The van der Waals surface area contributed by atoms with E-state index < -0.39 is 0 Å². The zero-order valence-electron chi connectivity index (χ0n) is 11.3. The molecule has 0 aliphatic heterocycles. The second kappa shape index (κ2) is 6.51. The first-order valence-electron chi connectivity index (χ1n) is 6.21. The maximum atomic E-state index is 12.1. The van der Waals surface area contributed by atoms with Crippen LogP contribution in [0.2, 0.25) is 0 Å². The SMILES string of the molecule is COCCNC(=O)C(C)n1c(=S)[nH]c2ccc(Br)cc21. The molecule has 0 fully saturated rings. The number of H-pyrrole nitrogens is 1. The van der Waals surface area contributed by atoms with Gasteiger partial charge in [-0.1, -0.05) is 15.9 Å². The summed E-state index contributed by atoms with van der Waals surface area (Å²) in [4.78, 5) is 15.2. The maximum Gasteiger partial charge on any atom is 0.242 e. The van der Waals surface area contributed by atoms with Crippen molar-refractivity contribution < 1.29 is 9.53 Å². The van der Waals surface area contributed by atoms with Crippen molar-refractivity contribution in [2.45, 2.75) is 13.0 Å². The van der Waals surface area contributed by atoms with E-state index in [-0.39, 0.29) is 11.9 Å². The predicted molar refractivity (Wildman–Crippen MR) is 84.4 cm³/mol. The Bertz CT molecular complexity index is 680. The molecule has 1 unspecified atom stereocenters. The smallest absolute Gasteiger partial charge is 0.242 e. The number of aromatic nitrogens is 2. The lowest BCUT2D eigenvalue weighted by atomic mass is 10.2. The largest absolute Gasteiger partial charge is 0.383 e. The zero-order valence-corrected chi connectivity index (χ0v) is 13.7. The molecule has 0 aliphatic carbocycles. The lowest BCUT2D eigenvalue weighted by Crippen LogP contribution is -2.33. The van der Waals surface area contributed by atoms with Gasteiger partial charge in [0.2, 0.25) is 5.91 Å². The first-order chi connectivity index (χ1) is 9.54. The minimum Gasteiger partial charge on any atom is -0.383 e. The summed E-state index contributed by atoms with van der Waals surface area (Å²) in [6, 6.07) is 5.42. The molecule has 1 amide bonds. The van der Waals surface area contributed by atoms with Crippen LogP contribution in [0.3, 0.4) is 0 Å². The lowest BCUT2D eigenvalue weighted by molar-refractivity contribution is -0.124. The maximum absolute atomic E-state index is 12.1. The van der Waals surface area contributed by atoms with E-state index in [1.165, 1.54) is 0 Å². The summed E-state index contributed by atoms with van der Waals surface area (Å²) in [7, 11) is 1.60. The van der Waals surface area contributed by atoms with E-state index in [0.29, 0.717) is 17.9 Å². The van der Waals surface area contributed by atoms with Crippen molar-refractivity contribution in [1.82, 2.24) is 14.9 Å². The zero-order chi connectivity index (χ0) is 14.7. The average Bonchev–Trinajstić information content (AvgIpc) is 2.73. The molecule has 1 aromatic carbocycles. The molecule has 108 valence electrons. The Morgan fingerprint density at radius 1 is 1.60 bits per heavy atom. The van der Waals surface area contributed by atoms with Crippen LogP contribution in [0.25, 0.3) is 11.0 Å². The second-order valence-corrected chi connectivity index (χ2v) is 5.72. The van der Waals surface area contributed by atoms with Crippen LogP contribution < -0.4 is 5.32 Å². The van der Waals surface area contributed by atoms with Crippen LogP contribution in [0.5, 0.6) is 0 Å². The number of methoxy groups -OCH3 is 1. The number of hydrogen-bond acceptors (Lipinski definition) is 3. The number of rotatable bonds is 5. The molecule has 0 spiro atoms. The number of fused-ring (bicyclic) bond motifs is 1. The van der Waals surface area contributed by atoms with Gasteiger partial charge in [0, 0.05) is 18.1 Å². The van der Waals surface area contributed by atoms with Crippen molar-refractivity contribution in [2.75, 3.05) is 20.3 Å². The van der Waals surface area contributed by atoms with Crippen LogP contribution in [-0.4, -0.2) is 35.7 Å². The highest BCUT2D eigenvalue weighted by molar-refractivity contribution is 9.10. The molecule has 0 saturated heterocycles. The molecule has 20 heavy (non-hydrogen) atoms. The van der Waals surface area contributed by atoms with Crippen LogP contribution in [0.15, 0.2) is 22.7 Å². The normalized spacial score (nSPS) is 12.6. The van der Waals surface area contributed by atoms with Crippen molar-refractivity contribution in [2.24, 2.45) is 0 Å². The van der Waals surface area contributed by atoms with Crippen LogP contribution in [0.4, 0.5) is 0 Å². The molecule has 0 bridgehead atoms. The van der Waals surface area contributed by atoms with Crippen molar-refractivity contribution in [3.63, 3.8) is 0 Å². The Hall–Kier alpha value is -1.18. The van der Waals surface area contributed by atoms with Gasteiger partial charge in [-0.2, -0.15) is 0 Å². The van der Waals surface area contributed by atoms with Gasteiger partial charge in [-0.05, 0) is 37.3 Å². The highest BCUT2D eigenvalue weighted by Gasteiger charge is 2.18. The third-order valence-corrected chi connectivity index (χ3v) is 3.84. The summed E-state index contributed by atoms with van der Waals surface area (Å²) in [5.74, 6) is -0.0842. The van der Waals surface area contributed by atoms with Gasteiger partial charge in [0.05, 0.1) is 17.6 Å². The average molecular weight is 358 g/mol. The van der Waals surface area contributed by atoms with Gasteiger partial charge in [0.15, 0.2) is 4.77 Å².